The van der Waals surface area contributed by atoms with Gasteiger partial charge in [0.2, 0.25) is 15.9 Å². The normalized spacial score (nSPS) is 18.9. The Bertz CT molecular complexity index is 676. The minimum Gasteiger partial charge on any atom is -0.355 e. The van der Waals surface area contributed by atoms with Gasteiger partial charge in [0.05, 0.1) is 12.8 Å². The molecule has 0 saturated carbocycles. The van der Waals surface area contributed by atoms with Crippen LogP contribution in [0.1, 0.15) is 24.0 Å². The van der Waals surface area contributed by atoms with E-state index in [2.05, 4.69) is 34.0 Å². The molecule has 1 fully saturated rings. The molecule has 6 nitrogen and oxygen atoms in total. The zero-order chi connectivity index (χ0) is 18.3. The van der Waals surface area contributed by atoms with Gasteiger partial charge in [-0.05, 0) is 49.8 Å². The molecular formula is C18H29N3O3S. The van der Waals surface area contributed by atoms with Crippen molar-refractivity contribution < 1.29 is 13.2 Å². The maximum atomic E-state index is 12.1. The second-order valence-corrected chi connectivity index (χ2v) is 8.72. The van der Waals surface area contributed by atoms with Gasteiger partial charge in [-0.1, -0.05) is 24.3 Å². The van der Waals surface area contributed by atoms with Gasteiger partial charge in [0.25, 0.3) is 0 Å². The molecule has 0 aliphatic carbocycles. The number of amides is 1. The smallest absolute Gasteiger partial charge is 0.234 e. The number of hydrogen-bond donors (Lipinski definition) is 2. The zero-order valence-electron chi connectivity index (χ0n) is 15.1. The SMILES string of the molecule is Cc1ccccc1CCNC(=O)CN1CCCC(CNS(C)(=O)=O)C1. The highest BCUT2D eigenvalue weighted by Gasteiger charge is 2.22. The third kappa shape index (κ3) is 7.54. The summed E-state index contributed by atoms with van der Waals surface area (Å²) in [4.78, 5) is 14.3. The summed E-state index contributed by atoms with van der Waals surface area (Å²) in [6.45, 7) is 5.19. The topological polar surface area (TPSA) is 78.5 Å². The molecule has 1 amide bonds. The van der Waals surface area contributed by atoms with Gasteiger partial charge < -0.3 is 5.32 Å². The van der Waals surface area contributed by atoms with E-state index in [1.54, 1.807) is 0 Å². The van der Waals surface area contributed by atoms with Gasteiger partial charge in [0, 0.05) is 19.6 Å². The molecule has 140 valence electrons. The van der Waals surface area contributed by atoms with Crippen LogP contribution in [-0.2, 0) is 21.2 Å². The Hall–Kier alpha value is -1.44. The summed E-state index contributed by atoms with van der Waals surface area (Å²) < 4.78 is 25.0. The summed E-state index contributed by atoms with van der Waals surface area (Å²) >= 11 is 0. The van der Waals surface area contributed by atoms with E-state index >= 15 is 0 Å². The Morgan fingerprint density at radius 2 is 2.08 bits per heavy atom. The molecule has 0 spiro atoms. The molecule has 1 aromatic carbocycles. The summed E-state index contributed by atoms with van der Waals surface area (Å²) in [6.07, 6.45) is 4.00. The van der Waals surface area contributed by atoms with E-state index in [4.69, 9.17) is 0 Å². The first-order valence-corrected chi connectivity index (χ1v) is 10.7. The molecule has 2 rings (SSSR count). The lowest BCUT2D eigenvalue weighted by atomic mass is 9.98. The number of benzene rings is 1. The number of carbonyl (C=O) groups excluding carboxylic acids is 1. The van der Waals surface area contributed by atoms with Crippen LogP contribution in [0.2, 0.25) is 0 Å². The molecule has 1 heterocycles. The molecule has 0 aromatic heterocycles. The number of rotatable bonds is 8. The molecule has 0 radical (unpaired) electrons. The molecular weight excluding hydrogens is 338 g/mol. The maximum absolute atomic E-state index is 12.1. The third-order valence-electron chi connectivity index (χ3n) is 4.58. The second kappa shape index (κ2) is 9.31. The highest BCUT2D eigenvalue weighted by atomic mass is 32.2. The van der Waals surface area contributed by atoms with Crippen molar-refractivity contribution in [3.63, 3.8) is 0 Å². The fraction of sp³-hybridized carbons (Fsp3) is 0.611. The lowest BCUT2D eigenvalue weighted by Gasteiger charge is -2.32. The molecule has 25 heavy (non-hydrogen) atoms. The van der Waals surface area contributed by atoms with Crippen molar-refractivity contribution in [1.82, 2.24) is 14.9 Å². The number of piperidine rings is 1. The summed E-state index contributed by atoms with van der Waals surface area (Å²) in [6, 6.07) is 8.20. The van der Waals surface area contributed by atoms with Crippen molar-refractivity contribution in [3.8, 4) is 0 Å². The Labute approximate surface area is 151 Å². The first-order valence-electron chi connectivity index (χ1n) is 8.81. The van der Waals surface area contributed by atoms with Crippen LogP contribution in [0.5, 0.6) is 0 Å². The van der Waals surface area contributed by atoms with E-state index in [-0.39, 0.29) is 11.8 Å². The highest BCUT2D eigenvalue weighted by Crippen LogP contribution is 2.15. The van der Waals surface area contributed by atoms with Crippen LogP contribution >= 0.6 is 0 Å². The Morgan fingerprint density at radius 3 is 2.80 bits per heavy atom. The monoisotopic (exact) mass is 367 g/mol. The summed E-state index contributed by atoms with van der Waals surface area (Å²) in [5.41, 5.74) is 2.50. The maximum Gasteiger partial charge on any atom is 0.234 e. The molecule has 1 aliphatic heterocycles. The number of nitrogens with one attached hydrogen (secondary N) is 2. The van der Waals surface area contributed by atoms with Gasteiger partial charge in [0.1, 0.15) is 0 Å². The predicted octanol–water partition coefficient (Wildman–Crippen LogP) is 0.915. The van der Waals surface area contributed by atoms with E-state index in [1.807, 2.05) is 12.1 Å². The van der Waals surface area contributed by atoms with E-state index in [9.17, 15) is 13.2 Å². The number of aryl methyl sites for hydroxylation is 1. The van der Waals surface area contributed by atoms with Gasteiger partial charge in [-0.25, -0.2) is 13.1 Å². The van der Waals surface area contributed by atoms with Crippen LogP contribution in [0, 0.1) is 12.8 Å². The number of nitrogens with zero attached hydrogens (tertiary/aromatic N) is 1. The van der Waals surface area contributed by atoms with Gasteiger partial charge in [-0.3, -0.25) is 9.69 Å². The van der Waals surface area contributed by atoms with Crippen molar-refractivity contribution in [3.05, 3.63) is 35.4 Å². The second-order valence-electron chi connectivity index (χ2n) is 6.89. The van der Waals surface area contributed by atoms with Crippen LogP contribution in [-0.4, -0.2) is 58.2 Å². The quantitative estimate of drug-likeness (QED) is 0.716. The van der Waals surface area contributed by atoms with Crippen LogP contribution < -0.4 is 10.0 Å². The fourth-order valence-corrected chi connectivity index (χ4v) is 3.76. The van der Waals surface area contributed by atoms with E-state index < -0.39 is 10.0 Å². The van der Waals surface area contributed by atoms with Gasteiger partial charge >= 0.3 is 0 Å². The Kier molecular flexibility index (Phi) is 7.40. The molecule has 1 aliphatic rings. The molecule has 1 unspecified atom stereocenters. The number of hydrogen-bond acceptors (Lipinski definition) is 4. The highest BCUT2D eigenvalue weighted by molar-refractivity contribution is 7.88. The average Bonchev–Trinajstić information content (AvgIpc) is 2.54. The van der Waals surface area contributed by atoms with Crippen molar-refractivity contribution in [1.29, 1.82) is 0 Å². The summed E-state index contributed by atoms with van der Waals surface area (Å²) in [7, 11) is -3.15. The summed E-state index contributed by atoms with van der Waals surface area (Å²) in [5.74, 6) is 0.300. The first kappa shape index (κ1) is 19.9. The van der Waals surface area contributed by atoms with Crippen LogP contribution in [0.4, 0.5) is 0 Å². The molecule has 1 aromatic rings. The zero-order valence-corrected chi connectivity index (χ0v) is 15.9. The predicted molar refractivity (Wildman–Crippen MR) is 99.9 cm³/mol. The number of sulfonamides is 1. The Morgan fingerprint density at radius 1 is 1.32 bits per heavy atom. The van der Waals surface area contributed by atoms with Crippen LogP contribution in [0.15, 0.2) is 24.3 Å². The lowest BCUT2D eigenvalue weighted by Crippen LogP contribution is -2.45. The minimum atomic E-state index is -3.15. The molecule has 2 N–H and O–H groups in total. The average molecular weight is 368 g/mol. The van der Waals surface area contributed by atoms with Gasteiger partial charge in [-0.15, -0.1) is 0 Å². The third-order valence-corrected chi connectivity index (χ3v) is 5.27. The van der Waals surface area contributed by atoms with E-state index in [1.165, 1.54) is 17.4 Å². The Balaban J connectivity index is 1.70. The molecule has 1 saturated heterocycles. The van der Waals surface area contributed by atoms with Gasteiger partial charge in [0.15, 0.2) is 0 Å². The van der Waals surface area contributed by atoms with Crippen molar-refractivity contribution in [2.45, 2.75) is 26.2 Å². The lowest BCUT2D eigenvalue weighted by molar-refractivity contribution is -0.122. The fourth-order valence-electron chi connectivity index (χ4n) is 3.22. The van der Waals surface area contributed by atoms with Crippen LogP contribution in [0.25, 0.3) is 0 Å². The summed E-state index contributed by atoms with van der Waals surface area (Å²) in [5, 5.41) is 2.98. The minimum absolute atomic E-state index is 0.0327. The van der Waals surface area contributed by atoms with Gasteiger partial charge in [-0.2, -0.15) is 0 Å². The number of carbonyl (C=O) groups is 1. The van der Waals surface area contributed by atoms with Crippen LogP contribution in [0.3, 0.4) is 0 Å². The van der Waals surface area contributed by atoms with E-state index in [0.29, 0.717) is 19.6 Å². The first-order chi connectivity index (χ1) is 11.8. The molecule has 7 heteroatoms. The molecule has 0 bridgehead atoms. The molecule has 1 atom stereocenters. The largest absolute Gasteiger partial charge is 0.355 e. The van der Waals surface area contributed by atoms with E-state index in [0.717, 1.165) is 32.4 Å². The van der Waals surface area contributed by atoms with Crippen molar-refractivity contribution in [2.75, 3.05) is 39.0 Å². The van der Waals surface area contributed by atoms with Crippen molar-refractivity contribution in [2.24, 2.45) is 5.92 Å². The van der Waals surface area contributed by atoms with Crippen molar-refractivity contribution >= 4 is 15.9 Å². The standard InChI is InChI=1S/C18H29N3O3S/c1-15-6-3-4-8-17(15)9-10-19-18(22)14-21-11-5-7-16(13-21)12-20-25(2,23)24/h3-4,6,8,16,20H,5,7,9-14H2,1-2H3,(H,19,22). The number of likely N-dealkylation sites (tertiary alicyclic amines) is 1.